The number of para-hydroxylation sites is 1. The summed E-state index contributed by atoms with van der Waals surface area (Å²) >= 11 is 0. The van der Waals surface area contributed by atoms with Crippen molar-refractivity contribution in [3.05, 3.63) is 120 Å². The fourth-order valence-electron chi connectivity index (χ4n) is 4.41. The molecule has 1 N–H and O–H groups in total. The van der Waals surface area contributed by atoms with E-state index in [4.69, 9.17) is 23.7 Å². The fourth-order valence-corrected chi connectivity index (χ4v) is 4.41. The maximum atomic E-state index is 13.2. The first-order valence-corrected chi connectivity index (χ1v) is 15.0. The Bertz CT molecular complexity index is 1430. The number of carboxylic acid groups (broad SMARTS) is 1. The molecule has 0 radical (unpaired) electrons. The summed E-state index contributed by atoms with van der Waals surface area (Å²) in [6, 6.07) is 33.4. The average Bonchev–Trinajstić information content (AvgIpc) is 3.06. The molecule has 9 nitrogen and oxygen atoms in total. The molecule has 4 aromatic rings. The number of hydrogen-bond acceptors (Lipinski definition) is 7. The number of nitrogens with zero attached hydrogens (tertiary/aromatic N) is 1. The second kappa shape index (κ2) is 18.1. The van der Waals surface area contributed by atoms with Crippen LogP contribution in [0.15, 0.2) is 109 Å². The lowest BCUT2D eigenvalue weighted by Gasteiger charge is -2.22. The molecule has 45 heavy (non-hydrogen) atoms. The fraction of sp³-hybridized carbons (Fsp3) is 0.278. The second-order valence-corrected chi connectivity index (χ2v) is 10.1. The molecule has 0 spiro atoms. The lowest BCUT2D eigenvalue weighted by molar-refractivity contribution is -0.149. The van der Waals surface area contributed by atoms with Crippen LogP contribution in [0.5, 0.6) is 23.0 Å². The van der Waals surface area contributed by atoms with Gasteiger partial charge < -0.3 is 33.7 Å². The molecule has 0 fully saturated rings. The molecule has 0 saturated heterocycles. The van der Waals surface area contributed by atoms with E-state index in [1.165, 1.54) is 0 Å². The third-order valence-corrected chi connectivity index (χ3v) is 6.71. The Kier molecular flexibility index (Phi) is 13.3. The van der Waals surface area contributed by atoms with E-state index in [1.807, 2.05) is 72.8 Å². The van der Waals surface area contributed by atoms with Gasteiger partial charge in [-0.2, -0.15) is 0 Å². The Labute approximate surface area is 263 Å². The quantitative estimate of drug-likeness (QED) is 0.120. The van der Waals surface area contributed by atoms with Gasteiger partial charge in [0.1, 0.15) is 29.6 Å². The standard InChI is InChI=1S/C36H39NO8/c1-2-42-34(35(38)39)26-28-14-16-30(17-15-28)43-25-23-37(22-9-24-41-27-29-10-5-3-6-11-29)36(40)45-33-20-18-32(19-21-33)44-31-12-7-4-8-13-31/h3-8,10-21,34H,2,9,22-27H2,1H3,(H,38,39). The maximum Gasteiger partial charge on any atom is 0.415 e. The van der Waals surface area contributed by atoms with Gasteiger partial charge in [0.25, 0.3) is 0 Å². The highest BCUT2D eigenvalue weighted by molar-refractivity contribution is 5.72. The molecule has 0 aromatic heterocycles. The van der Waals surface area contributed by atoms with Gasteiger partial charge in [0.2, 0.25) is 0 Å². The van der Waals surface area contributed by atoms with Crippen molar-refractivity contribution in [3.63, 3.8) is 0 Å². The number of benzene rings is 4. The predicted molar refractivity (Wildman–Crippen MR) is 170 cm³/mol. The SMILES string of the molecule is CCOC(Cc1ccc(OCCN(CCCOCc2ccccc2)C(=O)Oc2ccc(Oc3ccccc3)cc2)cc1)C(=O)O. The topological polar surface area (TPSA) is 104 Å². The van der Waals surface area contributed by atoms with E-state index in [9.17, 15) is 14.7 Å². The maximum absolute atomic E-state index is 13.2. The zero-order valence-electron chi connectivity index (χ0n) is 25.4. The minimum absolute atomic E-state index is 0.236. The van der Waals surface area contributed by atoms with Crippen molar-refractivity contribution in [2.24, 2.45) is 0 Å². The third-order valence-electron chi connectivity index (χ3n) is 6.71. The lowest BCUT2D eigenvalue weighted by Crippen LogP contribution is -2.38. The average molecular weight is 614 g/mol. The molecule has 1 amide bonds. The molecule has 0 bridgehead atoms. The summed E-state index contributed by atoms with van der Waals surface area (Å²) in [4.78, 5) is 26.2. The van der Waals surface area contributed by atoms with E-state index in [-0.39, 0.29) is 13.0 Å². The Morgan fingerprint density at radius 3 is 2.00 bits per heavy atom. The Morgan fingerprint density at radius 2 is 1.33 bits per heavy atom. The molecule has 0 aliphatic heterocycles. The number of aliphatic carboxylic acids is 1. The van der Waals surface area contributed by atoms with Crippen molar-refractivity contribution < 1.29 is 38.4 Å². The van der Waals surface area contributed by atoms with Crippen LogP contribution in [0.25, 0.3) is 0 Å². The van der Waals surface area contributed by atoms with Crippen LogP contribution in [0, 0.1) is 0 Å². The lowest BCUT2D eigenvalue weighted by atomic mass is 10.1. The van der Waals surface area contributed by atoms with Gasteiger partial charge in [-0.05, 0) is 73.0 Å². The Hall–Kier alpha value is -4.86. The first-order chi connectivity index (χ1) is 22.0. The van der Waals surface area contributed by atoms with E-state index in [2.05, 4.69) is 0 Å². The van der Waals surface area contributed by atoms with Crippen molar-refractivity contribution in [1.82, 2.24) is 4.90 Å². The number of carbonyl (C=O) groups excluding carboxylic acids is 1. The molecule has 0 heterocycles. The molecule has 1 atom stereocenters. The smallest absolute Gasteiger partial charge is 0.415 e. The highest BCUT2D eigenvalue weighted by atomic mass is 16.6. The van der Waals surface area contributed by atoms with E-state index in [0.29, 0.717) is 62.3 Å². The molecule has 0 saturated carbocycles. The summed E-state index contributed by atoms with van der Waals surface area (Å²) in [7, 11) is 0. The van der Waals surface area contributed by atoms with E-state index >= 15 is 0 Å². The van der Waals surface area contributed by atoms with Gasteiger partial charge in [-0.3, -0.25) is 0 Å². The molecule has 4 rings (SSSR count). The first kappa shape index (κ1) is 33.0. The number of ether oxygens (including phenoxy) is 5. The number of rotatable bonds is 18. The Morgan fingerprint density at radius 1 is 0.711 bits per heavy atom. The first-order valence-electron chi connectivity index (χ1n) is 15.0. The van der Waals surface area contributed by atoms with Crippen molar-refractivity contribution in [3.8, 4) is 23.0 Å². The normalized spacial score (nSPS) is 11.4. The van der Waals surface area contributed by atoms with E-state index in [1.54, 1.807) is 48.2 Å². The van der Waals surface area contributed by atoms with Crippen LogP contribution in [0.4, 0.5) is 4.79 Å². The third kappa shape index (κ3) is 11.6. The molecule has 9 heteroatoms. The van der Waals surface area contributed by atoms with Crippen LogP contribution in [0.1, 0.15) is 24.5 Å². The van der Waals surface area contributed by atoms with Crippen LogP contribution in [0.2, 0.25) is 0 Å². The number of amides is 1. The van der Waals surface area contributed by atoms with Crippen molar-refractivity contribution >= 4 is 12.1 Å². The molecule has 236 valence electrons. The van der Waals surface area contributed by atoms with Crippen LogP contribution >= 0.6 is 0 Å². The summed E-state index contributed by atoms with van der Waals surface area (Å²) in [5.41, 5.74) is 1.91. The van der Waals surface area contributed by atoms with Gasteiger partial charge in [-0.15, -0.1) is 0 Å². The highest BCUT2D eigenvalue weighted by Gasteiger charge is 2.19. The number of hydrogen-bond donors (Lipinski definition) is 1. The van der Waals surface area contributed by atoms with Gasteiger partial charge >= 0.3 is 12.1 Å². The number of carboxylic acids is 1. The van der Waals surface area contributed by atoms with Crippen LogP contribution in [-0.2, 0) is 27.3 Å². The summed E-state index contributed by atoms with van der Waals surface area (Å²) in [5, 5.41) is 9.33. The van der Waals surface area contributed by atoms with Crippen LogP contribution < -0.4 is 14.2 Å². The predicted octanol–water partition coefficient (Wildman–Crippen LogP) is 7.00. The van der Waals surface area contributed by atoms with Gasteiger partial charge in [0.15, 0.2) is 6.10 Å². The van der Waals surface area contributed by atoms with Gasteiger partial charge in [0.05, 0.1) is 13.2 Å². The second-order valence-electron chi connectivity index (χ2n) is 10.1. The van der Waals surface area contributed by atoms with E-state index in [0.717, 1.165) is 11.1 Å². The molecule has 0 aliphatic carbocycles. The van der Waals surface area contributed by atoms with Crippen molar-refractivity contribution in [1.29, 1.82) is 0 Å². The monoisotopic (exact) mass is 613 g/mol. The summed E-state index contributed by atoms with van der Waals surface area (Å²) in [6.45, 7) is 4.01. The van der Waals surface area contributed by atoms with Gasteiger partial charge in [0, 0.05) is 26.2 Å². The van der Waals surface area contributed by atoms with E-state index < -0.39 is 18.2 Å². The van der Waals surface area contributed by atoms with Crippen LogP contribution in [-0.4, -0.2) is 61.1 Å². The largest absolute Gasteiger partial charge is 0.492 e. The van der Waals surface area contributed by atoms with Crippen molar-refractivity contribution in [2.75, 3.05) is 32.9 Å². The Balaban J connectivity index is 1.30. The summed E-state index contributed by atoms with van der Waals surface area (Å²) in [5.74, 6) is 1.35. The van der Waals surface area contributed by atoms with Gasteiger partial charge in [-0.25, -0.2) is 9.59 Å². The van der Waals surface area contributed by atoms with Gasteiger partial charge in [-0.1, -0.05) is 60.7 Å². The zero-order valence-corrected chi connectivity index (χ0v) is 25.4. The molecular formula is C36H39NO8. The molecule has 4 aromatic carbocycles. The highest BCUT2D eigenvalue weighted by Crippen LogP contribution is 2.24. The summed E-state index contributed by atoms with van der Waals surface area (Å²) < 4.78 is 28.5. The van der Waals surface area contributed by atoms with Crippen molar-refractivity contribution in [2.45, 2.75) is 32.5 Å². The molecule has 0 aliphatic rings. The summed E-state index contributed by atoms with van der Waals surface area (Å²) in [6.07, 6.45) is -0.519. The molecular weight excluding hydrogens is 574 g/mol. The minimum atomic E-state index is -0.994. The van der Waals surface area contributed by atoms with Crippen LogP contribution in [0.3, 0.4) is 0 Å². The minimum Gasteiger partial charge on any atom is -0.492 e. The molecule has 1 unspecified atom stereocenters. The zero-order chi connectivity index (χ0) is 31.7. The number of carbonyl (C=O) groups is 2.